The van der Waals surface area contributed by atoms with Crippen LogP contribution in [-0.4, -0.2) is 35.4 Å². The minimum Gasteiger partial charge on any atom is -0.409 e. The number of nitrogens with zero attached hydrogens (tertiary/aromatic N) is 2. The lowest BCUT2D eigenvalue weighted by molar-refractivity contribution is -0.136. The maximum Gasteiger partial charge on any atom is 0.225 e. The molecule has 0 aromatic carbocycles. The molecule has 3 unspecified atom stereocenters. The average molecular weight is 281 g/mol. The van der Waals surface area contributed by atoms with E-state index in [0.29, 0.717) is 13.0 Å². The minimum absolute atomic E-state index is 0.181. The summed E-state index contributed by atoms with van der Waals surface area (Å²) in [5.41, 5.74) is 5.45. The lowest BCUT2D eigenvalue weighted by Gasteiger charge is -2.39. The molecule has 0 saturated heterocycles. The van der Waals surface area contributed by atoms with E-state index in [-0.39, 0.29) is 17.7 Å². The number of amidine groups is 1. The van der Waals surface area contributed by atoms with Gasteiger partial charge in [0.25, 0.3) is 0 Å². The Balaban J connectivity index is 1.83. The van der Waals surface area contributed by atoms with Crippen molar-refractivity contribution < 1.29 is 10.0 Å². The van der Waals surface area contributed by atoms with Crippen LogP contribution in [0.5, 0.6) is 0 Å². The first kappa shape index (κ1) is 15.1. The van der Waals surface area contributed by atoms with Crippen LogP contribution in [0.3, 0.4) is 0 Å². The number of nitrogens with two attached hydrogens (primary N) is 1. The molecule has 2 aliphatic rings. The number of rotatable bonds is 4. The van der Waals surface area contributed by atoms with Crippen LogP contribution in [0.1, 0.15) is 51.4 Å². The van der Waals surface area contributed by atoms with E-state index in [1.54, 1.807) is 4.90 Å². The summed E-state index contributed by atoms with van der Waals surface area (Å²) in [5, 5.41) is 11.5. The van der Waals surface area contributed by atoms with Crippen LogP contribution in [0.15, 0.2) is 5.16 Å². The van der Waals surface area contributed by atoms with Crippen LogP contribution >= 0.6 is 0 Å². The number of hydrogen-bond acceptors (Lipinski definition) is 3. The molecule has 20 heavy (non-hydrogen) atoms. The molecule has 2 fully saturated rings. The first-order chi connectivity index (χ1) is 9.61. The van der Waals surface area contributed by atoms with Crippen molar-refractivity contribution in [2.75, 3.05) is 13.6 Å². The molecular weight excluding hydrogens is 254 g/mol. The van der Waals surface area contributed by atoms with E-state index in [1.807, 2.05) is 7.05 Å². The quantitative estimate of drug-likeness (QED) is 0.359. The Morgan fingerprint density at radius 3 is 2.65 bits per heavy atom. The van der Waals surface area contributed by atoms with Crippen LogP contribution in [0.4, 0.5) is 0 Å². The Labute approximate surface area is 121 Å². The molecule has 1 amide bonds. The normalized spacial score (nSPS) is 30.6. The van der Waals surface area contributed by atoms with E-state index in [2.05, 4.69) is 5.16 Å². The molecule has 0 spiro atoms. The van der Waals surface area contributed by atoms with Gasteiger partial charge in [0.1, 0.15) is 5.84 Å². The Bertz CT molecular complexity index is 370. The van der Waals surface area contributed by atoms with Crippen molar-refractivity contribution in [3.05, 3.63) is 0 Å². The Morgan fingerprint density at radius 2 is 1.95 bits per heavy atom. The Morgan fingerprint density at radius 1 is 1.25 bits per heavy atom. The van der Waals surface area contributed by atoms with E-state index in [0.717, 1.165) is 24.7 Å². The number of amides is 1. The second kappa shape index (κ2) is 6.95. The summed E-state index contributed by atoms with van der Waals surface area (Å²) in [6.07, 6.45) is 9.13. The second-order valence-corrected chi connectivity index (χ2v) is 6.42. The predicted octanol–water partition coefficient (Wildman–Crippen LogP) is 2.19. The molecular formula is C15H27N3O2. The number of fused-ring (bicyclic) bond motifs is 1. The Hall–Kier alpha value is -1.26. The van der Waals surface area contributed by atoms with Gasteiger partial charge >= 0.3 is 0 Å². The fourth-order valence-electron chi connectivity index (χ4n) is 3.85. The van der Waals surface area contributed by atoms with Gasteiger partial charge in [0.15, 0.2) is 0 Å². The molecule has 0 bridgehead atoms. The average Bonchev–Trinajstić information content (AvgIpc) is 2.50. The van der Waals surface area contributed by atoms with E-state index in [9.17, 15) is 4.79 Å². The molecule has 114 valence electrons. The van der Waals surface area contributed by atoms with Crippen molar-refractivity contribution in [1.29, 1.82) is 0 Å². The lowest BCUT2D eigenvalue weighted by Crippen LogP contribution is -2.39. The molecule has 5 heteroatoms. The van der Waals surface area contributed by atoms with Crippen LogP contribution in [0.25, 0.3) is 0 Å². The van der Waals surface area contributed by atoms with Gasteiger partial charge in [-0.1, -0.05) is 30.8 Å². The minimum atomic E-state index is 0.181. The van der Waals surface area contributed by atoms with Crippen LogP contribution in [0.2, 0.25) is 0 Å². The highest BCUT2D eigenvalue weighted by molar-refractivity contribution is 5.82. The largest absolute Gasteiger partial charge is 0.409 e. The predicted molar refractivity (Wildman–Crippen MR) is 78.5 cm³/mol. The third-order valence-electron chi connectivity index (χ3n) is 5.10. The van der Waals surface area contributed by atoms with Gasteiger partial charge < -0.3 is 15.8 Å². The highest BCUT2D eigenvalue weighted by Gasteiger charge is 2.35. The van der Waals surface area contributed by atoms with E-state index in [1.165, 1.54) is 32.1 Å². The maximum absolute atomic E-state index is 12.5. The van der Waals surface area contributed by atoms with E-state index in [4.69, 9.17) is 10.9 Å². The van der Waals surface area contributed by atoms with Gasteiger partial charge in [0, 0.05) is 25.9 Å². The standard InChI is InChI=1S/C15H27N3O2/c1-18(9-8-14(16)17-20)15(19)13-7-6-11-4-2-3-5-12(11)10-13/h11-13,20H,2-10H2,1H3,(H2,16,17). The summed E-state index contributed by atoms with van der Waals surface area (Å²) >= 11 is 0. The molecule has 0 aliphatic heterocycles. The SMILES string of the molecule is CN(CCC(N)=NO)C(=O)C1CCC2CCCCC2C1. The van der Waals surface area contributed by atoms with Gasteiger partial charge in [-0.2, -0.15) is 0 Å². The number of carbonyl (C=O) groups is 1. The van der Waals surface area contributed by atoms with Crippen LogP contribution in [0, 0.1) is 17.8 Å². The van der Waals surface area contributed by atoms with Crippen molar-refractivity contribution in [2.24, 2.45) is 28.6 Å². The van der Waals surface area contributed by atoms with Crippen molar-refractivity contribution in [2.45, 2.75) is 51.4 Å². The highest BCUT2D eigenvalue weighted by atomic mass is 16.4. The summed E-state index contributed by atoms with van der Waals surface area (Å²) in [6, 6.07) is 0. The number of hydrogen-bond donors (Lipinski definition) is 2. The molecule has 3 atom stereocenters. The topological polar surface area (TPSA) is 78.9 Å². The fraction of sp³-hybridized carbons (Fsp3) is 0.867. The van der Waals surface area contributed by atoms with Gasteiger partial charge in [-0.25, -0.2) is 0 Å². The molecule has 0 aromatic heterocycles. The van der Waals surface area contributed by atoms with Crippen molar-refractivity contribution in [3.8, 4) is 0 Å². The maximum atomic E-state index is 12.5. The van der Waals surface area contributed by atoms with Gasteiger partial charge in [-0.15, -0.1) is 0 Å². The third-order valence-corrected chi connectivity index (χ3v) is 5.10. The monoisotopic (exact) mass is 281 g/mol. The van der Waals surface area contributed by atoms with Crippen molar-refractivity contribution >= 4 is 11.7 Å². The molecule has 0 aromatic rings. The molecule has 5 nitrogen and oxygen atoms in total. The zero-order valence-electron chi connectivity index (χ0n) is 12.4. The Kier molecular flexibility index (Phi) is 5.26. The molecule has 2 rings (SSSR count). The number of oxime groups is 1. The smallest absolute Gasteiger partial charge is 0.225 e. The first-order valence-corrected chi connectivity index (χ1v) is 7.83. The van der Waals surface area contributed by atoms with Gasteiger partial charge in [-0.3, -0.25) is 4.79 Å². The van der Waals surface area contributed by atoms with Crippen molar-refractivity contribution in [1.82, 2.24) is 4.90 Å². The number of carbonyl (C=O) groups excluding carboxylic acids is 1. The summed E-state index contributed by atoms with van der Waals surface area (Å²) < 4.78 is 0. The van der Waals surface area contributed by atoms with Crippen molar-refractivity contribution in [3.63, 3.8) is 0 Å². The van der Waals surface area contributed by atoms with Gasteiger partial charge in [0.05, 0.1) is 0 Å². The lowest BCUT2D eigenvalue weighted by atomic mass is 9.67. The summed E-state index contributed by atoms with van der Waals surface area (Å²) in [6.45, 7) is 0.527. The summed E-state index contributed by atoms with van der Waals surface area (Å²) in [5.74, 6) is 2.24. The first-order valence-electron chi connectivity index (χ1n) is 7.83. The third kappa shape index (κ3) is 3.64. The zero-order valence-corrected chi connectivity index (χ0v) is 12.4. The fourth-order valence-corrected chi connectivity index (χ4v) is 3.85. The van der Waals surface area contributed by atoms with Gasteiger partial charge in [0.2, 0.25) is 5.91 Å². The molecule has 3 N–H and O–H groups in total. The molecule has 0 heterocycles. The molecule has 0 radical (unpaired) electrons. The van der Waals surface area contributed by atoms with Gasteiger partial charge in [-0.05, 0) is 31.1 Å². The highest BCUT2D eigenvalue weighted by Crippen LogP contribution is 2.43. The second-order valence-electron chi connectivity index (χ2n) is 6.42. The summed E-state index contributed by atoms with van der Waals surface area (Å²) in [4.78, 5) is 14.2. The molecule has 2 saturated carbocycles. The summed E-state index contributed by atoms with van der Waals surface area (Å²) in [7, 11) is 1.82. The van der Waals surface area contributed by atoms with E-state index >= 15 is 0 Å². The molecule has 2 aliphatic carbocycles. The van der Waals surface area contributed by atoms with Crippen LogP contribution in [-0.2, 0) is 4.79 Å². The van der Waals surface area contributed by atoms with E-state index < -0.39 is 0 Å². The van der Waals surface area contributed by atoms with Crippen LogP contribution < -0.4 is 5.73 Å². The zero-order chi connectivity index (χ0) is 14.5.